The minimum absolute atomic E-state index is 0.0261. The molecule has 0 radical (unpaired) electrons. The molecule has 0 aliphatic heterocycles. The van der Waals surface area contributed by atoms with Gasteiger partial charge in [-0.3, -0.25) is 4.79 Å². The van der Waals surface area contributed by atoms with Crippen LogP contribution in [0.25, 0.3) is 0 Å². The molecule has 4 nitrogen and oxygen atoms in total. The van der Waals surface area contributed by atoms with Gasteiger partial charge in [-0.1, -0.05) is 29.8 Å². The van der Waals surface area contributed by atoms with Crippen molar-refractivity contribution in [1.29, 1.82) is 0 Å². The molecule has 1 aromatic carbocycles. The molecule has 0 aliphatic rings. The number of carbonyl (C=O) groups is 1. The van der Waals surface area contributed by atoms with Crippen molar-refractivity contribution in [2.24, 2.45) is 0 Å². The number of carboxylic acid groups (broad SMARTS) is 1. The van der Waals surface area contributed by atoms with E-state index in [2.05, 4.69) is 30.1 Å². The Morgan fingerprint density at radius 3 is 2.83 bits per heavy atom. The van der Waals surface area contributed by atoms with Crippen molar-refractivity contribution in [2.45, 2.75) is 26.8 Å². The zero-order valence-electron chi connectivity index (χ0n) is 10.6. The van der Waals surface area contributed by atoms with Gasteiger partial charge in [-0.25, -0.2) is 4.98 Å². The summed E-state index contributed by atoms with van der Waals surface area (Å²) in [6.45, 7) is 4.67. The van der Waals surface area contributed by atoms with Crippen LogP contribution >= 0.6 is 0 Å². The van der Waals surface area contributed by atoms with E-state index in [4.69, 9.17) is 5.11 Å². The molecule has 0 atom stereocenters. The zero-order valence-corrected chi connectivity index (χ0v) is 10.6. The summed E-state index contributed by atoms with van der Waals surface area (Å²) in [7, 11) is 0. The number of carboxylic acids is 1. The van der Waals surface area contributed by atoms with Crippen molar-refractivity contribution in [3.8, 4) is 0 Å². The van der Waals surface area contributed by atoms with E-state index in [1.165, 1.54) is 11.1 Å². The summed E-state index contributed by atoms with van der Waals surface area (Å²) < 4.78 is 1.98. The molecule has 2 aromatic rings. The van der Waals surface area contributed by atoms with Gasteiger partial charge in [0.15, 0.2) is 0 Å². The first-order chi connectivity index (χ1) is 8.54. The average molecular weight is 244 g/mol. The van der Waals surface area contributed by atoms with Gasteiger partial charge in [0.05, 0.1) is 12.1 Å². The van der Waals surface area contributed by atoms with E-state index in [9.17, 15) is 4.79 Å². The second-order valence-electron chi connectivity index (χ2n) is 4.47. The summed E-state index contributed by atoms with van der Waals surface area (Å²) in [6, 6.07) is 8.26. The molecule has 0 aliphatic carbocycles. The quantitative estimate of drug-likeness (QED) is 0.896. The maximum absolute atomic E-state index is 10.6. The second kappa shape index (κ2) is 5.04. The fourth-order valence-electron chi connectivity index (χ4n) is 1.98. The lowest BCUT2D eigenvalue weighted by atomic mass is 10.1. The lowest BCUT2D eigenvalue weighted by Gasteiger charge is -2.05. The highest BCUT2D eigenvalue weighted by Gasteiger charge is 2.08. The molecule has 0 bridgehead atoms. The van der Waals surface area contributed by atoms with E-state index in [0.717, 1.165) is 12.4 Å². The fraction of sp³-hybridized carbons (Fsp3) is 0.286. The van der Waals surface area contributed by atoms with E-state index < -0.39 is 5.97 Å². The molecule has 0 saturated heterocycles. The maximum Gasteiger partial charge on any atom is 0.309 e. The Morgan fingerprint density at radius 1 is 1.39 bits per heavy atom. The Bertz CT molecular complexity index is 573. The zero-order chi connectivity index (χ0) is 13.1. The molecule has 18 heavy (non-hydrogen) atoms. The Balaban J connectivity index is 2.19. The summed E-state index contributed by atoms with van der Waals surface area (Å²) >= 11 is 0. The van der Waals surface area contributed by atoms with Crippen molar-refractivity contribution in [1.82, 2.24) is 9.55 Å². The average Bonchev–Trinajstić information content (AvgIpc) is 2.58. The number of aryl methyl sites for hydroxylation is 2. The molecule has 0 saturated carbocycles. The van der Waals surface area contributed by atoms with Gasteiger partial charge in [0.2, 0.25) is 0 Å². The first-order valence-corrected chi connectivity index (χ1v) is 5.84. The first-order valence-electron chi connectivity index (χ1n) is 5.84. The second-order valence-corrected chi connectivity index (χ2v) is 4.47. The molecule has 1 aromatic heterocycles. The van der Waals surface area contributed by atoms with E-state index in [1.54, 1.807) is 0 Å². The Morgan fingerprint density at radius 2 is 2.17 bits per heavy atom. The van der Waals surface area contributed by atoms with Gasteiger partial charge in [-0.2, -0.15) is 0 Å². The third-order valence-corrected chi connectivity index (χ3v) is 2.79. The molecule has 0 spiro atoms. The standard InChI is InChI=1S/C14H16N2O2/c1-10-4-3-5-12(6-10)8-16-9-13(7-14(17)18)15-11(16)2/h3-6,9H,7-8H2,1-2H3,(H,17,18). The lowest BCUT2D eigenvalue weighted by molar-refractivity contribution is -0.136. The van der Waals surface area contributed by atoms with Crippen LogP contribution in [0, 0.1) is 13.8 Å². The van der Waals surface area contributed by atoms with Crippen LogP contribution < -0.4 is 0 Å². The molecule has 0 amide bonds. The smallest absolute Gasteiger partial charge is 0.309 e. The molecular formula is C14H16N2O2. The van der Waals surface area contributed by atoms with Gasteiger partial charge < -0.3 is 9.67 Å². The van der Waals surface area contributed by atoms with Gasteiger partial charge in [0, 0.05) is 12.7 Å². The molecule has 1 heterocycles. The summed E-state index contributed by atoms with van der Waals surface area (Å²) in [6.07, 6.45) is 1.79. The number of aromatic nitrogens is 2. The number of imidazole rings is 1. The van der Waals surface area contributed by atoms with Gasteiger partial charge in [-0.15, -0.1) is 0 Å². The minimum Gasteiger partial charge on any atom is -0.481 e. The summed E-state index contributed by atoms with van der Waals surface area (Å²) in [5.41, 5.74) is 3.01. The Kier molecular flexibility index (Phi) is 3.46. The monoisotopic (exact) mass is 244 g/mol. The van der Waals surface area contributed by atoms with Gasteiger partial charge in [0.1, 0.15) is 5.82 Å². The Labute approximate surface area is 106 Å². The van der Waals surface area contributed by atoms with Crippen LogP contribution in [-0.2, 0) is 17.8 Å². The molecule has 0 fully saturated rings. The van der Waals surface area contributed by atoms with Crippen LogP contribution in [0.3, 0.4) is 0 Å². The van der Waals surface area contributed by atoms with E-state index in [-0.39, 0.29) is 6.42 Å². The van der Waals surface area contributed by atoms with Crippen LogP contribution in [0.1, 0.15) is 22.6 Å². The molecule has 2 rings (SSSR count). The predicted octanol–water partition coefficient (Wildman–Crippen LogP) is 2.18. The Hall–Kier alpha value is -2.10. The van der Waals surface area contributed by atoms with Gasteiger partial charge >= 0.3 is 5.97 Å². The number of nitrogens with zero attached hydrogens (tertiary/aromatic N) is 2. The third-order valence-electron chi connectivity index (χ3n) is 2.79. The van der Waals surface area contributed by atoms with Crippen molar-refractivity contribution < 1.29 is 9.90 Å². The van der Waals surface area contributed by atoms with E-state index in [1.807, 2.05) is 23.8 Å². The van der Waals surface area contributed by atoms with Crippen LogP contribution in [0.15, 0.2) is 30.5 Å². The maximum atomic E-state index is 10.6. The first kappa shape index (κ1) is 12.4. The summed E-state index contributed by atoms with van der Waals surface area (Å²) in [4.78, 5) is 14.9. The van der Waals surface area contributed by atoms with Crippen molar-refractivity contribution in [3.05, 3.63) is 53.1 Å². The lowest BCUT2D eigenvalue weighted by Crippen LogP contribution is -2.01. The van der Waals surface area contributed by atoms with E-state index in [0.29, 0.717) is 5.69 Å². The SMILES string of the molecule is Cc1cccc(Cn2cc(CC(=O)O)nc2C)c1. The summed E-state index contributed by atoms with van der Waals surface area (Å²) in [5, 5.41) is 8.74. The van der Waals surface area contributed by atoms with Gasteiger partial charge in [-0.05, 0) is 19.4 Å². The number of hydrogen-bond acceptors (Lipinski definition) is 2. The van der Waals surface area contributed by atoms with Crippen molar-refractivity contribution >= 4 is 5.97 Å². The normalized spacial score (nSPS) is 10.6. The van der Waals surface area contributed by atoms with Crippen LogP contribution in [0.4, 0.5) is 0 Å². The largest absolute Gasteiger partial charge is 0.481 e. The number of aliphatic carboxylic acids is 1. The summed E-state index contributed by atoms with van der Waals surface area (Å²) in [5.74, 6) is -0.0111. The molecule has 0 unspecified atom stereocenters. The van der Waals surface area contributed by atoms with Crippen LogP contribution in [0.5, 0.6) is 0 Å². The number of hydrogen-bond donors (Lipinski definition) is 1. The van der Waals surface area contributed by atoms with E-state index >= 15 is 0 Å². The number of benzene rings is 1. The third kappa shape index (κ3) is 2.97. The molecule has 1 N–H and O–H groups in total. The van der Waals surface area contributed by atoms with Crippen LogP contribution in [-0.4, -0.2) is 20.6 Å². The van der Waals surface area contributed by atoms with Crippen molar-refractivity contribution in [3.63, 3.8) is 0 Å². The molecular weight excluding hydrogens is 228 g/mol. The molecule has 4 heteroatoms. The van der Waals surface area contributed by atoms with Gasteiger partial charge in [0.25, 0.3) is 0 Å². The fourth-order valence-corrected chi connectivity index (χ4v) is 1.98. The van der Waals surface area contributed by atoms with Crippen LogP contribution in [0.2, 0.25) is 0 Å². The number of rotatable bonds is 4. The topological polar surface area (TPSA) is 55.1 Å². The minimum atomic E-state index is -0.852. The highest BCUT2D eigenvalue weighted by atomic mass is 16.4. The van der Waals surface area contributed by atoms with Crippen molar-refractivity contribution in [2.75, 3.05) is 0 Å². The molecule has 94 valence electrons. The highest BCUT2D eigenvalue weighted by molar-refractivity contribution is 5.69. The highest BCUT2D eigenvalue weighted by Crippen LogP contribution is 2.10. The predicted molar refractivity (Wildman–Crippen MR) is 68.6 cm³/mol.